The minimum atomic E-state index is 0. The van der Waals surface area contributed by atoms with Crippen LogP contribution in [-0.2, 0) is 0 Å². The van der Waals surface area contributed by atoms with Crippen LogP contribution in [0.3, 0.4) is 0 Å². The summed E-state index contributed by atoms with van der Waals surface area (Å²) in [4.78, 5) is 6.14. The second-order valence-electron chi connectivity index (χ2n) is 4.02. The van der Waals surface area contributed by atoms with Crippen molar-refractivity contribution < 1.29 is 4.74 Å². The summed E-state index contributed by atoms with van der Waals surface area (Å²) < 4.78 is 5.13. The average molecular weight is 364 g/mol. The van der Waals surface area contributed by atoms with Crippen LogP contribution in [-0.4, -0.2) is 38.6 Å². The van der Waals surface area contributed by atoms with E-state index in [1.54, 1.807) is 7.11 Å². The van der Waals surface area contributed by atoms with Crippen molar-refractivity contribution in [3.8, 4) is 5.75 Å². The molecule has 1 unspecified atom stereocenters. The van der Waals surface area contributed by atoms with E-state index in [4.69, 9.17) is 16.2 Å². The maximum Gasteiger partial charge on any atom is 0.185 e. The Hall–Kier alpha value is -1.02. The van der Waals surface area contributed by atoms with E-state index in [9.17, 15) is 0 Å². The summed E-state index contributed by atoms with van der Waals surface area (Å²) in [6.07, 6.45) is 0. The van der Waals surface area contributed by atoms with Gasteiger partial charge in [-0.2, -0.15) is 0 Å². The minimum absolute atomic E-state index is 0. The van der Waals surface area contributed by atoms with Gasteiger partial charge in [-0.25, -0.2) is 0 Å². The van der Waals surface area contributed by atoms with E-state index in [0.29, 0.717) is 6.54 Å². The van der Waals surface area contributed by atoms with Crippen molar-refractivity contribution in [2.45, 2.75) is 6.04 Å². The summed E-state index contributed by atoms with van der Waals surface area (Å²) in [7, 11) is 5.64. The Morgan fingerprint density at radius 1 is 1.28 bits per heavy atom. The molecule has 0 heterocycles. The van der Waals surface area contributed by atoms with Crippen molar-refractivity contribution in [2.75, 3.05) is 27.7 Å². The van der Waals surface area contributed by atoms with Crippen LogP contribution in [0.5, 0.6) is 5.75 Å². The zero-order chi connectivity index (χ0) is 12.8. The van der Waals surface area contributed by atoms with Crippen molar-refractivity contribution in [3.05, 3.63) is 29.8 Å². The molecule has 1 rings (SSSR count). The first-order valence-corrected chi connectivity index (χ1v) is 5.40. The lowest BCUT2D eigenvalue weighted by Crippen LogP contribution is -2.27. The van der Waals surface area contributed by atoms with Crippen molar-refractivity contribution in [1.29, 1.82) is 0 Å². The highest BCUT2D eigenvalue weighted by atomic mass is 127. The third-order valence-electron chi connectivity index (χ3n) is 2.57. The second kappa shape index (κ2) is 8.15. The van der Waals surface area contributed by atoms with Gasteiger partial charge in [-0.1, -0.05) is 12.1 Å². The molecule has 0 aliphatic carbocycles. The largest absolute Gasteiger partial charge is 0.497 e. The Balaban J connectivity index is 0.00000289. The summed E-state index contributed by atoms with van der Waals surface area (Å²) in [6, 6.07) is 8.06. The molecule has 18 heavy (non-hydrogen) atoms. The fourth-order valence-electron chi connectivity index (χ4n) is 1.58. The Morgan fingerprint density at radius 2 is 1.83 bits per heavy atom. The van der Waals surface area contributed by atoms with Gasteiger partial charge in [0.1, 0.15) is 5.75 Å². The number of hydrogen-bond acceptors (Lipinski definition) is 3. The third kappa shape index (κ3) is 5.09. The van der Waals surface area contributed by atoms with E-state index < -0.39 is 0 Å². The highest BCUT2D eigenvalue weighted by molar-refractivity contribution is 14.0. The first-order valence-electron chi connectivity index (χ1n) is 5.40. The summed E-state index contributed by atoms with van der Waals surface area (Å²) >= 11 is 0. The molecule has 1 aromatic rings. The highest BCUT2D eigenvalue weighted by Crippen LogP contribution is 2.21. The van der Waals surface area contributed by atoms with E-state index in [1.165, 1.54) is 0 Å². The standard InChI is InChI=1S/C12H20N4O.HI/c1-16(2)11(8-15-12(13)14)9-4-6-10(17-3)7-5-9;/h4-7,11H,8H2,1-3H3,(H4,13,14,15);1H. The fraction of sp³-hybridized carbons (Fsp3) is 0.417. The predicted octanol–water partition coefficient (Wildman–Crippen LogP) is 1.19. The minimum Gasteiger partial charge on any atom is -0.497 e. The van der Waals surface area contributed by atoms with E-state index in [1.807, 2.05) is 38.4 Å². The quantitative estimate of drug-likeness (QED) is 0.468. The number of guanidine groups is 1. The maximum absolute atomic E-state index is 5.35. The Labute approximate surface area is 125 Å². The van der Waals surface area contributed by atoms with Gasteiger partial charge >= 0.3 is 0 Å². The topological polar surface area (TPSA) is 76.9 Å². The zero-order valence-electron chi connectivity index (χ0n) is 11.0. The fourth-order valence-corrected chi connectivity index (χ4v) is 1.58. The molecule has 1 aromatic carbocycles. The summed E-state index contributed by atoms with van der Waals surface area (Å²) in [5, 5.41) is 0. The number of hydrogen-bond donors (Lipinski definition) is 2. The van der Waals surface area contributed by atoms with E-state index in [0.717, 1.165) is 11.3 Å². The zero-order valence-corrected chi connectivity index (χ0v) is 13.3. The van der Waals surface area contributed by atoms with Crippen LogP contribution in [0.15, 0.2) is 29.3 Å². The van der Waals surface area contributed by atoms with E-state index in [-0.39, 0.29) is 36.0 Å². The van der Waals surface area contributed by atoms with Crippen LogP contribution >= 0.6 is 24.0 Å². The average Bonchev–Trinajstić information content (AvgIpc) is 2.29. The van der Waals surface area contributed by atoms with Crippen LogP contribution in [0.4, 0.5) is 0 Å². The molecule has 0 aliphatic rings. The van der Waals surface area contributed by atoms with Gasteiger partial charge in [-0.3, -0.25) is 4.99 Å². The molecular weight excluding hydrogens is 343 g/mol. The van der Waals surface area contributed by atoms with Crippen LogP contribution < -0.4 is 16.2 Å². The normalized spacial score (nSPS) is 11.6. The van der Waals surface area contributed by atoms with Gasteiger partial charge in [-0.05, 0) is 31.8 Å². The predicted molar refractivity (Wildman–Crippen MR) is 85.5 cm³/mol. The lowest BCUT2D eigenvalue weighted by molar-refractivity contribution is 0.306. The van der Waals surface area contributed by atoms with Gasteiger partial charge in [0.25, 0.3) is 0 Å². The SMILES string of the molecule is COc1ccc(C(CN=C(N)N)N(C)C)cc1.I. The number of nitrogens with two attached hydrogens (primary N) is 2. The Kier molecular flexibility index (Phi) is 7.69. The van der Waals surface area contributed by atoms with Gasteiger partial charge < -0.3 is 21.1 Å². The Bertz CT molecular complexity index is 374. The van der Waals surface area contributed by atoms with Crippen molar-refractivity contribution >= 4 is 29.9 Å². The molecule has 0 fully saturated rings. The number of nitrogens with zero attached hydrogens (tertiary/aromatic N) is 2. The van der Waals surface area contributed by atoms with Crippen molar-refractivity contribution in [3.63, 3.8) is 0 Å². The molecule has 4 N–H and O–H groups in total. The lowest BCUT2D eigenvalue weighted by atomic mass is 10.1. The number of halogens is 1. The van der Waals surface area contributed by atoms with Crippen molar-refractivity contribution in [1.82, 2.24) is 4.90 Å². The molecule has 0 amide bonds. The maximum atomic E-state index is 5.35. The van der Waals surface area contributed by atoms with E-state index >= 15 is 0 Å². The number of methoxy groups -OCH3 is 1. The Morgan fingerprint density at radius 3 is 2.22 bits per heavy atom. The summed E-state index contributed by atoms with van der Waals surface area (Å²) in [5.74, 6) is 0.957. The first-order chi connectivity index (χ1) is 8.04. The molecular formula is C12H21IN4O. The molecule has 1 atom stereocenters. The van der Waals surface area contributed by atoms with Crippen LogP contribution in [0.25, 0.3) is 0 Å². The molecule has 102 valence electrons. The van der Waals surface area contributed by atoms with Gasteiger partial charge in [0, 0.05) is 0 Å². The smallest absolute Gasteiger partial charge is 0.185 e. The molecule has 0 saturated heterocycles. The summed E-state index contributed by atoms with van der Waals surface area (Å²) in [6.45, 7) is 0.543. The van der Waals surface area contributed by atoms with Gasteiger partial charge in [0.15, 0.2) is 5.96 Å². The number of aliphatic imine (C=N–C) groups is 1. The lowest BCUT2D eigenvalue weighted by Gasteiger charge is -2.23. The second-order valence-corrected chi connectivity index (χ2v) is 4.02. The molecule has 0 radical (unpaired) electrons. The molecule has 0 aliphatic heterocycles. The van der Waals surface area contributed by atoms with Gasteiger partial charge in [0.05, 0.1) is 19.7 Å². The molecule has 0 aromatic heterocycles. The highest BCUT2D eigenvalue weighted by Gasteiger charge is 2.13. The number of rotatable bonds is 5. The number of likely N-dealkylation sites (N-methyl/N-ethyl adjacent to an activating group) is 1. The van der Waals surface area contributed by atoms with Gasteiger partial charge in [0.2, 0.25) is 0 Å². The first kappa shape index (κ1) is 17.0. The van der Waals surface area contributed by atoms with Gasteiger partial charge in [-0.15, -0.1) is 24.0 Å². The third-order valence-corrected chi connectivity index (χ3v) is 2.57. The molecule has 5 nitrogen and oxygen atoms in total. The molecule has 0 saturated carbocycles. The molecule has 0 spiro atoms. The monoisotopic (exact) mass is 364 g/mol. The van der Waals surface area contributed by atoms with Crippen molar-refractivity contribution in [2.24, 2.45) is 16.5 Å². The molecule has 0 bridgehead atoms. The summed E-state index contributed by atoms with van der Waals surface area (Å²) in [5.41, 5.74) is 11.9. The van der Waals surface area contributed by atoms with E-state index in [2.05, 4.69) is 9.89 Å². The van der Waals surface area contributed by atoms with Crippen LogP contribution in [0, 0.1) is 0 Å². The molecule has 6 heteroatoms. The van der Waals surface area contributed by atoms with Crippen LogP contribution in [0.2, 0.25) is 0 Å². The number of ether oxygens (including phenoxy) is 1. The van der Waals surface area contributed by atoms with Crippen LogP contribution in [0.1, 0.15) is 11.6 Å². The number of benzene rings is 1.